The highest BCUT2D eigenvalue weighted by molar-refractivity contribution is 5.88. The van der Waals surface area contributed by atoms with Crippen LogP contribution in [0, 0.1) is 13.8 Å². The third kappa shape index (κ3) is 5.89. The molecule has 2 aromatic rings. The lowest BCUT2D eigenvalue weighted by molar-refractivity contribution is -0.928. The first-order chi connectivity index (χ1) is 14.0. The van der Waals surface area contributed by atoms with Gasteiger partial charge in [0.1, 0.15) is 18.8 Å². The van der Waals surface area contributed by atoms with Crippen LogP contribution >= 0.6 is 0 Å². The highest BCUT2D eigenvalue weighted by atomic mass is 16.5. The Morgan fingerprint density at radius 1 is 1.14 bits per heavy atom. The van der Waals surface area contributed by atoms with Gasteiger partial charge in [0.25, 0.3) is 5.91 Å². The van der Waals surface area contributed by atoms with Gasteiger partial charge >= 0.3 is 0 Å². The summed E-state index contributed by atoms with van der Waals surface area (Å²) in [5.74, 6) is 0.412. The predicted molar refractivity (Wildman–Crippen MR) is 113 cm³/mol. The van der Waals surface area contributed by atoms with E-state index in [0.717, 1.165) is 37.6 Å². The maximum atomic E-state index is 12.2. The Balaban J connectivity index is 1.63. The van der Waals surface area contributed by atoms with Gasteiger partial charge in [-0.05, 0) is 44.0 Å². The highest BCUT2D eigenvalue weighted by Gasteiger charge is 2.29. The molecule has 2 aromatic carbocycles. The number of carbonyl (C=O) groups is 1. The molecule has 1 atom stereocenters. The van der Waals surface area contributed by atoms with Crippen LogP contribution in [0.1, 0.15) is 29.7 Å². The van der Waals surface area contributed by atoms with Crippen LogP contribution in [0.4, 0.5) is 0 Å². The van der Waals surface area contributed by atoms with E-state index in [9.17, 15) is 4.79 Å². The molecule has 3 rings (SSSR count). The minimum atomic E-state index is -0.272. The fourth-order valence-corrected chi connectivity index (χ4v) is 3.54. The van der Waals surface area contributed by atoms with Gasteiger partial charge in [0.15, 0.2) is 12.6 Å². The number of carbonyl (C=O) groups excluding carboxylic acids is 1. The third-order valence-corrected chi connectivity index (χ3v) is 5.30. The van der Waals surface area contributed by atoms with E-state index in [1.807, 2.05) is 57.2 Å². The maximum Gasteiger partial charge on any atom is 0.277 e. The molecule has 0 radical (unpaired) electrons. The van der Waals surface area contributed by atoms with Crippen LogP contribution < -0.4 is 15.1 Å². The molecule has 6 nitrogen and oxygen atoms in total. The molecule has 0 unspecified atom stereocenters. The van der Waals surface area contributed by atoms with E-state index < -0.39 is 0 Å². The monoisotopic (exact) mass is 396 g/mol. The van der Waals surface area contributed by atoms with Gasteiger partial charge in [0, 0.05) is 5.56 Å². The van der Waals surface area contributed by atoms with Crippen LogP contribution in [0.3, 0.4) is 0 Å². The summed E-state index contributed by atoms with van der Waals surface area (Å²) >= 11 is 0. The molecule has 1 saturated heterocycles. The summed E-state index contributed by atoms with van der Waals surface area (Å²) in [5.41, 5.74) is 7.03. The smallest absolute Gasteiger partial charge is 0.277 e. The average Bonchev–Trinajstić information content (AvgIpc) is 2.75. The summed E-state index contributed by atoms with van der Waals surface area (Å²) < 4.78 is 11.1. The van der Waals surface area contributed by atoms with Gasteiger partial charge in [-0.25, -0.2) is 5.43 Å². The minimum absolute atomic E-state index is 0.0697. The number of hydrazone groups is 1. The molecule has 0 saturated carbocycles. The summed E-state index contributed by atoms with van der Waals surface area (Å²) in [6, 6.07) is 16.2. The summed E-state index contributed by atoms with van der Waals surface area (Å²) in [6.07, 6.45) is 0. The topological polar surface area (TPSA) is 64.4 Å². The summed E-state index contributed by atoms with van der Waals surface area (Å²) in [7, 11) is 0. The molecule has 0 aromatic heterocycles. The van der Waals surface area contributed by atoms with Crippen LogP contribution in [0.5, 0.6) is 5.75 Å². The first-order valence-electron chi connectivity index (χ1n) is 10.0. The van der Waals surface area contributed by atoms with Gasteiger partial charge in [-0.2, -0.15) is 5.10 Å². The van der Waals surface area contributed by atoms with Crippen molar-refractivity contribution in [1.29, 1.82) is 0 Å². The zero-order valence-electron chi connectivity index (χ0n) is 17.4. The Bertz CT molecular complexity index is 846. The Morgan fingerprint density at radius 3 is 2.55 bits per heavy atom. The SMILES string of the molecule is C/C(=N/NC(=O)COc1ccc(C)c(C)c1)[C@H](c1ccccc1)[NH+]1CCOCC1. The van der Waals surface area contributed by atoms with Crippen molar-refractivity contribution in [3.05, 3.63) is 65.2 Å². The van der Waals surface area contributed by atoms with Crippen LogP contribution in [-0.2, 0) is 9.53 Å². The number of hydrogen-bond donors (Lipinski definition) is 2. The first-order valence-corrected chi connectivity index (χ1v) is 10.0. The molecule has 0 spiro atoms. The number of nitrogens with zero attached hydrogens (tertiary/aromatic N) is 1. The van der Waals surface area contributed by atoms with Crippen molar-refractivity contribution in [1.82, 2.24) is 5.43 Å². The average molecular weight is 397 g/mol. The van der Waals surface area contributed by atoms with E-state index in [4.69, 9.17) is 9.47 Å². The zero-order chi connectivity index (χ0) is 20.6. The van der Waals surface area contributed by atoms with E-state index in [0.29, 0.717) is 5.75 Å². The van der Waals surface area contributed by atoms with Crippen molar-refractivity contribution in [3.8, 4) is 5.75 Å². The molecule has 2 N–H and O–H groups in total. The van der Waals surface area contributed by atoms with E-state index in [2.05, 4.69) is 22.7 Å². The molecule has 1 fully saturated rings. The van der Waals surface area contributed by atoms with Gasteiger partial charge in [-0.15, -0.1) is 0 Å². The Morgan fingerprint density at radius 2 is 1.86 bits per heavy atom. The van der Waals surface area contributed by atoms with Crippen molar-refractivity contribution in [3.63, 3.8) is 0 Å². The number of hydrogen-bond acceptors (Lipinski definition) is 4. The second-order valence-electron chi connectivity index (χ2n) is 7.44. The lowest BCUT2D eigenvalue weighted by Gasteiger charge is -2.31. The number of nitrogens with one attached hydrogen (secondary N) is 2. The molecule has 1 heterocycles. The number of aryl methyl sites for hydroxylation is 2. The Kier molecular flexibility index (Phi) is 7.38. The van der Waals surface area contributed by atoms with E-state index >= 15 is 0 Å². The number of quaternary nitrogens is 1. The van der Waals surface area contributed by atoms with Gasteiger partial charge < -0.3 is 14.4 Å². The molecule has 1 amide bonds. The molecule has 29 heavy (non-hydrogen) atoms. The lowest BCUT2D eigenvalue weighted by Crippen LogP contribution is -3.15. The second-order valence-corrected chi connectivity index (χ2v) is 7.44. The first kappa shape index (κ1) is 21.0. The molecular weight excluding hydrogens is 366 g/mol. The second kappa shape index (κ2) is 10.2. The van der Waals surface area contributed by atoms with Gasteiger partial charge in [0.2, 0.25) is 0 Å². The van der Waals surface area contributed by atoms with E-state index in [-0.39, 0.29) is 18.6 Å². The standard InChI is InChI=1S/C23H29N3O3/c1-17-9-10-21(15-18(17)2)29-16-22(27)25-24-19(3)23(20-7-5-4-6-8-20)26-11-13-28-14-12-26/h4-10,15,23H,11-14,16H2,1-3H3,(H,25,27)/p+1/b24-19-/t23-/m1/s1. The van der Waals surface area contributed by atoms with Crippen molar-refractivity contribution in [2.24, 2.45) is 5.10 Å². The fraction of sp³-hybridized carbons (Fsp3) is 0.391. The van der Waals surface area contributed by atoms with Crippen molar-refractivity contribution >= 4 is 11.6 Å². The van der Waals surface area contributed by atoms with Crippen molar-refractivity contribution in [2.75, 3.05) is 32.9 Å². The number of morpholine rings is 1. The molecule has 1 aliphatic heterocycles. The zero-order valence-corrected chi connectivity index (χ0v) is 17.4. The van der Waals surface area contributed by atoms with Gasteiger partial charge in [-0.3, -0.25) is 4.79 Å². The van der Waals surface area contributed by atoms with Crippen molar-refractivity contribution in [2.45, 2.75) is 26.8 Å². The largest absolute Gasteiger partial charge is 0.484 e. The molecule has 1 aliphatic rings. The van der Waals surface area contributed by atoms with Crippen LogP contribution in [-0.4, -0.2) is 44.5 Å². The molecule has 0 aliphatic carbocycles. The quantitative estimate of drug-likeness (QED) is 0.554. The van der Waals surface area contributed by atoms with Crippen LogP contribution in [0.2, 0.25) is 0 Å². The summed E-state index contributed by atoms with van der Waals surface area (Å²) in [5, 5.41) is 4.40. The van der Waals surface area contributed by atoms with E-state index in [1.54, 1.807) is 0 Å². The number of rotatable bonds is 7. The number of amides is 1. The van der Waals surface area contributed by atoms with Gasteiger partial charge in [-0.1, -0.05) is 36.4 Å². The molecule has 0 bridgehead atoms. The molecule has 6 heteroatoms. The van der Waals surface area contributed by atoms with Crippen molar-refractivity contribution < 1.29 is 19.2 Å². The maximum absolute atomic E-state index is 12.2. The predicted octanol–water partition coefficient (Wildman–Crippen LogP) is 1.83. The Hall–Kier alpha value is -2.70. The van der Waals surface area contributed by atoms with Crippen LogP contribution in [0.15, 0.2) is 53.6 Å². The number of benzene rings is 2. The Labute approximate surface area is 172 Å². The minimum Gasteiger partial charge on any atom is -0.484 e. The molecule has 154 valence electrons. The summed E-state index contributed by atoms with van der Waals surface area (Å²) in [6.45, 7) is 9.26. The normalized spacial score (nSPS) is 16.3. The highest BCUT2D eigenvalue weighted by Crippen LogP contribution is 2.16. The molecular formula is C23H30N3O3+. The van der Waals surface area contributed by atoms with Crippen LogP contribution in [0.25, 0.3) is 0 Å². The van der Waals surface area contributed by atoms with Gasteiger partial charge in [0.05, 0.1) is 18.9 Å². The summed E-state index contributed by atoms with van der Waals surface area (Å²) in [4.78, 5) is 13.6. The third-order valence-electron chi connectivity index (χ3n) is 5.30. The lowest BCUT2D eigenvalue weighted by atomic mass is 10.0. The number of ether oxygens (including phenoxy) is 2. The fourth-order valence-electron chi connectivity index (χ4n) is 3.54. The van der Waals surface area contributed by atoms with E-state index in [1.165, 1.54) is 16.0 Å².